The third-order valence-electron chi connectivity index (χ3n) is 2.67. The van der Waals surface area contributed by atoms with Crippen LogP contribution in [0.3, 0.4) is 0 Å². The van der Waals surface area contributed by atoms with Crippen LogP contribution in [0.1, 0.15) is 30.9 Å². The minimum Gasteiger partial charge on any atom is -0.333 e. The predicted octanol–water partition coefficient (Wildman–Crippen LogP) is 0.579. The Bertz CT molecular complexity index is 472. The second kappa shape index (κ2) is 5.11. The summed E-state index contributed by atoms with van der Waals surface area (Å²) in [6.45, 7) is 3.07. The van der Waals surface area contributed by atoms with Crippen LogP contribution in [-0.2, 0) is 13.6 Å². The van der Waals surface area contributed by atoms with Gasteiger partial charge in [0.2, 0.25) is 0 Å². The van der Waals surface area contributed by atoms with E-state index in [4.69, 9.17) is 5.84 Å². The van der Waals surface area contributed by atoms with Gasteiger partial charge in [-0.05, 0) is 12.5 Å². The molecule has 0 aliphatic carbocycles. The summed E-state index contributed by atoms with van der Waals surface area (Å²) in [5.74, 6) is 6.51. The SMILES string of the molecule is CCCn1ccnc1C(NN)c1ccn(C)n1. The lowest BCUT2D eigenvalue weighted by Crippen LogP contribution is -2.31. The fraction of sp³-hybridized carbons (Fsp3) is 0.455. The van der Waals surface area contributed by atoms with E-state index in [1.54, 1.807) is 10.9 Å². The van der Waals surface area contributed by atoms with Crippen LogP contribution in [0.5, 0.6) is 0 Å². The lowest BCUT2D eigenvalue weighted by Gasteiger charge is -2.15. The number of hydrogen-bond donors (Lipinski definition) is 2. The van der Waals surface area contributed by atoms with Gasteiger partial charge in [0.1, 0.15) is 11.9 Å². The molecule has 1 atom stereocenters. The van der Waals surface area contributed by atoms with Gasteiger partial charge >= 0.3 is 0 Å². The smallest absolute Gasteiger partial charge is 0.133 e. The molecule has 0 radical (unpaired) electrons. The lowest BCUT2D eigenvalue weighted by molar-refractivity contribution is 0.530. The van der Waals surface area contributed by atoms with Gasteiger partial charge in [-0.3, -0.25) is 10.5 Å². The Kier molecular flexibility index (Phi) is 3.55. The summed E-state index contributed by atoms with van der Waals surface area (Å²) >= 11 is 0. The molecule has 0 amide bonds. The molecule has 6 heteroatoms. The minimum atomic E-state index is -0.169. The first-order valence-corrected chi connectivity index (χ1v) is 5.73. The van der Waals surface area contributed by atoms with Crippen molar-refractivity contribution in [3.63, 3.8) is 0 Å². The molecule has 0 saturated carbocycles. The lowest BCUT2D eigenvalue weighted by atomic mass is 10.2. The molecule has 2 heterocycles. The average Bonchev–Trinajstić information content (AvgIpc) is 2.91. The summed E-state index contributed by atoms with van der Waals surface area (Å²) in [7, 11) is 1.88. The van der Waals surface area contributed by atoms with E-state index in [0.29, 0.717) is 0 Å². The summed E-state index contributed by atoms with van der Waals surface area (Å²) in [5.41, 5.74) is 3.65. The largest absolute Gasteiger partial charge is 0.333 e. The quantitative estimate of drug-likeness (QED) is 0.586. The molecule has 2 rings (SSSR count). The van der Waals surface area contributed by atoms with Crippen LogP contribution in [0.15, 0.2) is 24.7 Å². The van der Waals surface area contributed by atoms with Gasteiger partial charge in [0.15, 0.2) is 0 Å². The van der Waals surface area contributed by atoms with Gasteiger partial charge in [-0.15, -0.1) is 0 Å². The predicted molar refractivity (Wildman–Crippen MR) is 64.9 cm³/mol. The third-order valence-corrected chi connectivity index (χ3v) is 2.67. The van der Waals surface area contributed by atoms with Gasteiger partial charge in [-0.25, -0.2) is 10.4 Å². The molecular formula is C11H18N6. The van der Waals surface area contributed by atoms with Gasteiger partial charge in [0.05, 0.1) is 5.69 Å². The van der Waals surface area contributed by atoms with Crippen LogP contribution in [0.2, 0.25) is 0 Å². The highest BCUT2D eigenvalue weighted by Crippen LogP contribution is 2.18. The van der Waals surface area contributed by atoms with Crippen molar-refractivity contribution in [1.29, 1.82) is 0 Å². The zero-order valence-corrected chi connectivity index (χ0v) is 10.2. The highest BCUT2D eigenvalue weighted by atomic mass is 15.3. The molecule has 2 aromatic rings. The normalized spacial score (nSPS) is 12.9. The van der Waals surface area contributed by atoms with Gasteiger partial charge in [0.25, 0.3) is 0 Å². The van der Waals surface area contributed by atoms with Crippen LogP contribution < -0.4 is 11.3 Å². The van der Waals surface area contributed by atoms with E-state index in [9.17, 15) is 0 Å². The molecular weight excluding hydrogens is 216 g/mol. The summed E-state index contributed by atoms with van der Waals surface area (Å²) < 4.78 is 3.85. The van der Waals surface area contributed by atoms with E-state index in [2.05, 4.69) is 27.0 Å². The number of nitrogens with zero attached hydrogens (tertiary/aromatic N) is 4. The molecule has 0 aliphatic heterocycles. The van der Waals surface area contributed by atoms with Gasteiger partial charge in [-0.2, -0.15) is 5.10 Å². The Morgan fingerprint density at radius 1 is 1.47 bits per heavy atom. The van der Waals surface area contributed by atoms with E-state index in [-0.39, 0.29) is 6.04 Å². The second-order valence-electron chi connectivity index (χ2n) is 3.99. The van der Waals surface area contributed by atoms with Crippen molar-refractivity contribution in [2.75, 3.05) is 0 Å². The molecule has 0 fully saturated rings. The van der Waals surface area contributed by atoms with Crippen molar-refractivity contribution in [1.82, 2.24) is 24.8 Å². The van der Waals surface area contributed by atoms with Crippen molar-refractivity contribution < 1.29 is 0 Å². The number of hydrogen-bond acceptors (Lipinski definition) is 4. The zero-order chi connectivity index (χ0) is 12.3. The number of nitrogens with one attached hydrogen (secondary N) is 1. The van der Waals surface area contributed by atoms with E-state index in [1.807, 2.05) is 25.5 Å². The Morgan fingerprint density at radius 3 is 2.88 bits per heavy atom. The second-order valence-corrected chi connectivity index (χ2v) is 3.99. The topological polar surface area (TPSA) is 73.7 Å². The van der Waals surface area contributed by atoms with Gasteiger partial charge in [0, 0.05) is 32.2 Å². The summed E-state index contributed by atoms with van der Waals surface area (Å²) in [4.78, 5) is 4.36. The van der Waals surface area contributed by atoms with Crippen molar-refractivity contribution in [2.45, 2.75) is 25.9 Å². The Morgan fingerprint density at radius 2 is 2.29 bits per heavy atom. The van der Waals surface area contributed by atoms with Crippen LogP contribution in [0.25, 0.3) is 0 Å². The van der Waals surface area contributed by atoms with Crippen molar-refractivity contribution in [3.05, 3.63) is 36.2 Å². The number of hydrazine groups is 1. The zero-order valence-electron chi connectivity index (χ0n) is 10.2. The maximum atomic E-state index is 5.62. The maximum absolute atomic E-state index is 5.62. The molecule has 3 N–H and O–H groups in total. The standard InChI is InChI=1S/C11H18N6/c1-3-6-17-8-5-13-11(17)10(14-12)9-4-7-16(2)15-9/h4-5,7-8,10,14H,3,6,12H2,1-2H3. The number of aryl methyl sites for hydroxylation is 2. The third kappa shape index (κ3) is 2.37. The molecule has 0 aromatic carbocycles. The van der Waals surface area contributed by atoms with Crippen molar-refractivity contribution in [2.24, 2.45) is 12.9 Å². The monoisotopic (exact) mass is 234 g/mol. The molecule has 6 nitrogen and oxygen atoms in total. The first kappa shape index (κ1) is 11.8. The number of nitrogens with two attached hydrogens (primary N) is 1. The van der Waals surface area contributed by atoms with Crippen molar-refractivity contribution in [3.8, 4) is 0 Å². The van der Waals surface area contributed by atoms with E-state index in [1.165, 1.54) is 0 Å². The van der Waals surface area contributed by atoms with E-state index in [0.717, 1.165) is 24.5 Å². The maximum Gasteiger partial charge on any atom is 0.133 e. The minimum absolute atomic E-state index is 0.169. The Hall–Kier alpha value is -1.66. The van der Waals surface area contributed by atoms with Crippen LogP contribution in [0.4, 0.5) is 0 Å². The molecule has 17 heavy (non-hydrogen) atoms. The molecule has 0 bridgehead atoms. The van der Waals surface area contributed by atoms with Crippen LogP contribution in [0, 0.1) is 0 Å². The Balaban J connectivity index is 2.31. The summed E-state index contributed by atoms with van der Waals surface area (Å²) in [6.07, 6.45) is 6.71. The fourth-order valence-electron chi connectivity index (χ4n) is 1.89. The molecule has 0 aliphatic rings. The first-order valence-electron chi connectivity index (χ1n) is 5.73. The Labute approximate surface area is 100 Å². The highest BCUT2D eigenvalue weighted by molar-refractivity contribution is 5.16. The van der Waals surface area contributed by atoms with Gasteiger partial charge < -0.3 is 4.57 Å². The molecule has 1 unspecified atom stereocenters. The average molecular weight is 234 g/mol. The van der Waals surface area contributed by atoms with E-state index < -0.39 is 0 Å². The van der Waals surface area contributed by atoms with E-state index >= 15 is 0 Å². The molecule has 0 saturated heterocycles. The summed E-state index contributed by atoms with van der Waals surface area (Å²) in [6, 6.07) is 1.77. The first-order chi connectivity index (χ1) is 8.26. The molecule has 92 valence electrons. The van der Waals surface area contributed by atoms with Crippen LogP contribution in [-0.4, -0.2) is 19.3 Å². The molecule has 0 spiro atoms. The summed E-state index contributed by atoms with van der Waals surface area (Å²) in [5, 5.41) is 4.36. The fourth-order valence-corrected chi connectivity index (χ4v) is 1.89. The van der Waals surface area contributed by atoms with Gasteiger partial charge in [-0.1, -0.05) is 6.92 Å². The number of imidazole rings is 1. The number of rotatable bonds is 5. The van der Waals surface area contributed by atoms with Crippen molar-refractivity contribution >= 4 is 0 Å². The molecule has 2 aromatic heterocycles. The number of aromatic nitrogens is 4. The van der Waals surface area contributed by atoms with Crippen LogP contribution >= 0.6 is 0 Å². The highest BCUT2D eigenvalue weighted by Gasteiger charge is 2.19.